The molecule has 118 valence electrons. The molecule has 0 N–H and O–H groups in total. The van der Waals surface area contributed by atoms with Gasteiger partial charge in [-0.3, -0.25) is 9.08 Å². The van der Waals surface area contributed by atoms with Crippen molar-refractivity contribution < 1.29 is 17.4 Å². The lowest BCUT2D eigenvalue weighted by molar-refractivity contribution is 0.272. The van der Waals surface area contributed by atoms with Gasteiger partial charge in [0.25, 0.3) is 5.56 Å². The Bertz CT molecular complexity index is 822. The lowest BCUT2D eigenvalue weighted by Gasteiger charge is -2.13. The molecule has 0 spiro atoms. The van der Waals surface area contributed by atoms with Gasteiger partial charge in [0.05, 0.1) is 18.6 Å². The Morgan fingerprint density at radius 1 is 1.14 bits per heavy atom. The summed E-state index contributed by atoms with van der Waals surface area (Å²) in [5, 5.41) is 0. The van der Waals surface area contributed by atoms with Crippen LogP contribution in [0, 0.1) is 6.92 Å². The number of aromatic nitrogens is 1. The largest absolute Gasteiger partial charge is 0.497 e. The van der Waals surface area contributed by atoms with Crippen LogP contribution >= 0.6 is 0 Å². The van der Waals surface area contributed by atoms with Crippen molar-refractivity contribution in [1.29, 1.82) is 0 Å². The molecule has 0 saturated heterocycles. The van der Waals surface area contributed by atoms with Gasteiger partial charge in [0.2, 0.25) is 0 Å². The molecule has 0 bridgehead atoms. The standard InChI is InChI=1S/C15H17NO5S/c1-4-22(18,19)21-16-14(9-11(2)10-15(16)17)12-5-7-13(20-3)8-6-12/h5-10H,4H2,1-3H3. The van der Waals surface area contributed by atoms with Crippen LogP contribution in [0.25, 0.3) is 11.3 Å². The quantitative estimate of drug-likeness (QED) is 0.836. The zero-order valence-electron chi connectivity index (χ0n) is 12.6. The van der Waals surface area contributed by atoms with E-state index in [-0.39, 0.29) is 5.75 Å². The van der Waals surface area contributed by atoms with Crippen LogP contribution in [0.2, 0.25) is 0 Å². The van der Waals surface area contributed by atoms with Crippen LogP contribution in [0.4, 0.5) is 0 Å². The minimum atomic E-state index is -3.81. The molecule has 0 aliphatic carbocycles. The molecule has 0 aliphatic heterocycles. The first-order valence-corrected chi connectivity index (χ1v) is 8.25. The maximum Gasteiger partial charge on any atom is 0.326 e. The summed E-state index contributed by atoms with van der Waals surface area (Å²) in [6.07, 6.45) is 0. The summed E-state index contributed by atoms with van der Waals surface area (Å²) in [6, 6.07) is 9.91. The third kappa shape index (κ3) is 3.48. The number of rotatable bonds is 5. The van der Waals surface area contributed by atoms with Gasteiger partial charge in [0.1, 0.15) is 5.75 Å². The second-order valence-corrected chi connectivity index (χ2v) is 6.54. The molecule has 1 aromatic carbocycles. The Morgan fingerprint density at radius 2 is 1.77 bits per heavy atom. The van der Waals surface area contributed by atoms with E-state index in [1.54, 1.807) is 44.4 Å². The van der Waals surface area contributed by atoms with Crippen LogP contribution in [0.3, 0.4) is 0 Å². The summed E-state index contributed by atoms with van der Waals surface area (Å²) in [7, 11) is -2.26. The van der Waals surface area contributed by atoms with Crippen molar-refractivity contribution in [2.75, 3.05) is 12.9 Å². The molecule has 1 aromatic heterocycles. The summed E-state index contributed by atoms with van der Waals surface area (Å²) < 4.78 is 34.2. The van der Waals surface area contributed by atoms with Crippen molar-refractivity contribution in [3.63, 3.8) is 0 Å². The Kier molecular flexibility index (Phi) is 4.56. The first kappa shape index (κ1) is 16.1. The molecular weight excluding hydrogens is 306 g/mol. The second-order valence-electron chi connectivity index (χ2n) is 4.70. The molecule has 2 rings (SSSR count). The minimum absolute atomic E-state index is 0.227. The second kappa shape index (κ2) is 6.23. The fourth-order valence-corrected chi connectivity index (χ4v) is 2.38. The van der Waals surface area contributed by atoms with Crippen molar-refractivity contribution in [2.24, 2.45) is 0 Å². The van der Waals surface area contributed by atoms with E-state index in [2.05, 4.69) is 0 Å². The topological polar surface area (TPSA) is 74.6 Å². The molecule has 0 aliphatic rings. The van der Waals surface area contributed by atoms with Crippen molar-refractivity contribution >= 4 is 10.1 Å². The van der Waals surface area contributed by atoms with Crippen molar-refractivity contribution in [1.82, 2.24) is 4.73 Å². The van der Waals surface area contributed by atoms with Crippen LogP contribution in [0.1, 0.15) is 12.5 Å². The molecule has 1 heterocycles. The summed E-state index contributed by atoms with van der Waals surface area (Å²) in [6.45, 7) is 3.20. The maximum atomic E-state index is 12.1. The van der Waals surface area contributed by atoms with Gasteiger partial charge in [-0.15, -0.1) is 4.73 Å². The van der Waals surface area contributed by atoms with Crippen LogP contribution in [-0.4, -0.2) is 26.0 Å². The van der Waals surface area contributed by atoms with E-state index < -0.39 is 15.7 Å². The Labute approximate surface area is 129 Å². The number of nitrogens with zero attached hydrogens (tertiary/aromatic N) is 1. The monoisotopic (exact) mass is 323 g/mol. The van der Waals surface area contributed by atoms with Crippen molar-refractivity contribution in [2.45, 2.75) is 13.8 Å². The van der Waals surface area contributed by atoms with Gasteiger partial charge in [0.15, 0.2) is 0 Å². The molecule has 22 heavy (non-hydrogen) atoms. The molecule has 0 saturated carbocycles. The Hall–Kier alpha value is -2.28. The third-order valence-electron chi connectivity index (χ3n) is 3.06. The zero-order valence-corrected chi connectivity index (χ0v) is 13.4. The minimum Gasteiger partial charge on any atom is -0.497 e. The number of methoxy groups -OCH3 is 1. The van der Waals surface area contributed by atoms with Gasteiger partial charge < -0.3 is 4.74 Å². The average molecular weight is 323 g/mol. The van der Waals surface area contributed by atoms with Crippen LogP contribution < -0.4 is 14.6 Å². The predicted octanol–water partition coefficient (Wildman–Crippen LogP) is 1.61. The summed E-state index contributed by atoms with van der Waals surface area (Å²) in [4.78, 5) is 12.1. The van der Waals surface area contributed by atoms with E-state index in [9.17, 15) is 13.2 Å². The Balaban J connectivity index is 2.60. The molecule has 0 fully saturated rings. The van der Waals surface area contributed by atoms with Gasteiger partial charge >= 0.3 is 10.1 Å². The fraction of sp³-hybridized carbons (Fsp3) is 0.267. The predicted molar refractivity (Wildman–Crippen MR) is 83.5 cm³/mol. The van der Waals surface area contributed by atoms with Gasteiger partial charge in [-0.2, -0.15) is 8.42 Å². The number of benzene rings is 1. The van der Waals surface area contributed by atoms with E-state index in [0.29, 0.717) is 22.6 Å². The molecular formula is C15H17NO5S. The number of hydrogen-bond acceptors (Lipinski definition) is 5. The summed E-state index contributed by atoms with van der Waals surface area (Å²) in [5.41, 5.74) is 1.19. The van der Waals surface area contributed by atoms with Crippen LogP contribution in [0.5, 0.6) is 5.75 Å². The molecule has 0 atom stereocenters. The molecule has 0 amide bonds. The number of hydrogen-bond donors (Lipinski definition) is 0. The highest BCUT2D eigenvalue weighted by atomic mass is 32.2. The summed E-state index contributed by atoms with van der Waals surface area (Å²) in [5.74, 6) is 0.433. The first-order valence-electron chi connectivity index (χ1n) is 6.67. The lowest BCUT2D eigenvalue weighted by atomic mass is 10.1. The Morgan fingerprint density at radius 3 is 2.32 bits per heavy atom. The molecule has 0 unspecified atom stereocenters. The van der Waals surface area contributed by atoms with E-state index in [1.165, 1.54) is 13.0 Å². The first-order chi connectivity index (χ1) is 10.4. The normalized spacial score (nSPS) is 11.2. The van der Waals surface area contributed by atoms with E-state index in [0.717, 1.165) is 4.73 Å². The van der Waals surface area contributed by atoms with Gasteiger partial charge in [-0.1, -0.05) is 0 Å². The van der Waals surface area contributed by atoms with Crippen molar-refractivity contribution in [3.8, 4) is 17.0 Å². The highest BCUT2D eigenvalue weighted by molar-refractivity contribution is 7.86. The van der Waals surface area contributed by atoms with Gasteiger partial charge in [-0.25, -0.2) is 0 Å². The SMILES string of the molecule is CCS(=O)(=O)On1c(-c2ccc(OC)cc2)cc(C)cc1=O. The smallest absolute Gasteiger partial charge is 0.326 e. The zero-order chi connectivity index (χ0) is 16.3. The summed E-state index contributed by atoms with van der Waals surface area (Å²) >= 11 is 0. The van der Waals surface area contributed by atoms with E-state index in [1.807, 2.05) is 0 Å². The average Bonchev–Trinajstić information content (AvgIpc) is 2.50. The number of pyridine rings is 1. The highest BCUT2D eigenvalue weighted by Crippen LogP contribution is 2.22. The number of ether oxygens (including phenoxy) is 1. The van der Waals surface area contributed by atoms with Crippen LogP contribution in [-0.2, 0) is 10.1 Å². The third-order valence-corrected chi connectivity index (χ3v) is 4.15. The van der Waals surface area contributed by atoms with Gasteiger partial charge in [-0.05, 0) is 49.7 Å². The highest BCUT2D eigenvalue weighted by Gasteiger charge is 2.16. The van der Waals surface area contributed by atoms with Crippen molar-refractivity contribution in [3.05, 3.63) is 52.3 Å². The molecule has 0 radical (unpaired) electrons. The number of aryl methyl sites for hydroxylation is 1. The van der Waals surface area contributed by atoms with Gasteiger partial charge in [0, 0.05) is 11.6 Å². The van der Waals surface area contributed by atoms with E-state index in [4.69, 9.17) is 9.02 Å². The fourth-order valence-electron chi connectivity index (χ4n) is 1.89. The molecule has 6 nitrogen and oxygen atoms in total. The van der Waals surface area contributed by atoms with Crippen LogP contribution in [0.15, 0.2) is 41.2 Å². The molecule has 2 aromatic rings. The van der Waals surface area contributed by atoms with E-state index >= 15 is 0 Å². The molecule has 7 heteroatoms. The lowest BCUT2D eigenvalue weighted by Crippen LogP contribution is -2.32. The maximum absolute atomic E-state index is 12.1.